The van der Waals surface area contributed by atoms with Crippen molar-refractivity contribution in [3.63, 3.8) is 0 Å². The molecular weight excluding hydrogens is 198 g/mol. The molecule has 0 bridgehead atoms. The molecule has 80 valence electrons. The highest BCUT2D eigenvalue weighted by molar-refractivity contribution is 5.85. The van der Waals surface area contributed by atoms with Crippen molar-refractivity contribution in [3.8, 4) is 0 Å². The minimum Gasteiger partial charge on any atom is -0.392 e. The van der Waals surface area contributed by atoms with Crippen LogP contribution in [-0.2, 0) is 6.61 Å². The predicted octanol–water partition coefficient (Wildman–Crippen LogP) is 2.26. The Morgan fingerprint density at radius 1 is 1.29 bits per heavy atom. The van der Waals surface area contributed by atoms with E-state index < -0.39 is 0 Å². The first kappa shape index (κ1) is 13.4. The minimum absolute atomic E-state index is 0. The lowest BCUT2D eigenvalue weighted by molar-refractivity contribution is 0.279. The average Bonchev–Trinajstić information content (AvgIpc) is 2.16. The van der Waals surface area contributed by atoms with E-state index in [0.717, 1.165) is 11.1 Å². The minimum atomic E-state index is 0. The molecular formula is C11H18ClNO. The Morgan fingerprint density at radius 2 is 1.86 bits per heavy atom. The second-order valence-corrected chi connectivity index (χ2v) is 3.63. The van der Waals surface area contributed by atoms with Crippen LogP contribution in [0.3, 0.4) is 0 Å². The van der Waals surface area contributed by atoms with Crippen molar-refractivity contribution >= 4 is 12.4 Å². The van der Waals surface area contributed by atoms with Crippen molar-refractivity contribution in [2.45, 2.75) is 26.5 Å². The number of rotatable bonds is 3. The molecule has 0 unspecified atom stereocenters. The van der Waals surface area contributed by atoms with Crippen molar-refractivity contribution in [1.82, 2.24) is 0 Å². The molecule has 1 aromatic rings. The molecule has 0 saturated heterocycles. The van der Waals surface area contributed by atoms with Gasteiger partial charge in [0.25, 0.3) is 0 Å². The summed E-state index contributed by atoms with van der Waals surface area (Å²) in [7, 11) is 0. The number of halogens is 1. The summed E-state index contributed by atoms with van der Waals surface area (Å²) < 4.78 is 0. The van der Waals surface area contributed by atoms with Gasteiger partial charge in [-0.25, -0.2) is 0 Å². The smallest absolute Gasteiger partial charge is 0.0685 e. The lowest BCUT2D eigenvalue weighted by Crippen LogP contribution is -2.18. The quantitative estimate of drug-likeness (QED) is 0.813. The van der Waals surface area contributed by atoms with Crippen LogP contribution in [0.4, 0.5) is 0 Å². The normalized spacial score (nSPS) is 12.4. The molecule has 0 spiro atoms. The maximum atomic E-state index is 9.09. The lowest BCUT2D eigenvalue weighted by Gasteiger charge is -2.18. The fourth-order valence-electron chi connectivity index (χ4n) is 1.36. The zero-order chi connectivity index (χ0) is 9.84. The Morgan fingerprint density at radius 3 is 2.36 bits per heavy atom. The van der Waals surface area contributed by atoms with Crippen LogP contribution in [0.5, 0.6) is 0 Å². The van der Waals surface area contributed by atoms with Gasteiger partial charge in [0.15, 0.2) is 0 Å². The molecule has 0 aromatic heterocycles. The van der Waals surface area contributed by atoms with Gasteiger partial charge in [0.2, 0.25) is 0 Å². The standard InChI is InChI=1S/C11H17NO.ClH/c1-8(2)11(12)10-6-4-3-5-9(10)7-13;/h3-6,8,11,13H,7,12H2,1-2H3;1H/t11-;/m1./s1. The van der Waals surface area contributed by atoms with Crippen LogP contribution < -0.4 is 5.73 Å². The Labute approximate surface area is 91.5 Å². The van der Waals surface area contributed by atoms with E-state index in [1.165, 1.54) is 0 Å². The zero-order valence-electron chi connectivity index (χ0n) is 8.60. The highest BCUT2D eigenvalue weighted by Crippen LogP contribution is 2.22. The molecule has 0 aliphatic heterocycles. The summed E-state index contributed by atoms with van der Waals surface area (Å²) in [5.74, 6) is 0.396. The van der Waals surface area contributed by atoms with Gasteiger partial charge in [-0.05, 0) is 17.0 Å². The fourth-order valence-corrected chi connectivity index (χ4v) is 1.36. The third kappa shape index (κ3) is 2.98. The van der Waals surface area contributed by atoms with E-state index in [-0.39, 0.29) is 25.1 Å². The van der Waals surface area contributed by atoms with Gasteiger partial charge in [0.05, 0.1) is 6.61 Å². The van der Waals surface area contributed by atoms with Gasteiger partial charge in [-0.1, -0.05) is 38.1 Å². The summed E-state index contributed by atoms with van der Waals surface area (Å²) in [6.45, 7) is 4.23. The molecule has 3 N–H and O–H groups in total. The molecule has 0 aliphatic rings. The van der Waals surface area contributed by atoms with E-state index >= 15 is 0 Å². The van der Waals surface area contributed by atoms with Crippen molar-refractivity contribution in [3.05, 3.63) is 35.4 Å². The first-order chi connectivity index (χ1) is 6.16. The van der Waals surface area contributed by atoms with Crippen molar-refractivity contribution in [1.29, 1.82) is 0 Å². The molecule has 1 rings (SSSR count). The molecule has 1 atom stereocenters. The van der Waals surface area contributed by atoms with Crippen LogP contribution in [-0.4, -0.2) is 5.11 Å². The highest BCUT2D eigenvalue weighted by atomic mass is 35.5. The number of aliphatic hydroxyl groups excluding tert-OH is 1. The second kappa shape index (κ2) is 6.02. The lowest BCUT2D eigenvalue weighted by atomic mass is 9.93. The predicted molar refractivity (Wildman–Crippen MR) is 61.4 cm³/mol. The van der Waals surface area contributed by atoms with E-state index in [0.29, 0.717) is 5.92 Å². The van der Waals surface area contributed by atoms with E-state index in [1.54, 1.807) is 0 Å². The van der Waals surface area contributed by atoms with Crippen molar-refractivity contribution in [2.24, 2.45) is 11.7 Å². The van der Waals surface area contributed by atoms with E-state index in [2.05, 4.69) is 13.8 Å². The molecule has 0 fully saturated rings. The van der Waals surface area contributed by atoms with Gasteiger partial charge in [0.1, 0.15) is 0 Å². The average molecular weight is 216 g/mol. The summed E-state index contributed by atoms with van der Waals surface area (Å²) in [5, 5.41) is 9.09. The van der Waals surface area contributed by atoms with Crippen LogP contribution in [0.1, 0.15) is 31.0 Å². The summed E-state index contributed by atoms with van der Waals surface area (Å²) in [4.78, 5) is 0. The Kier molecular flexibility index (Phi) is 5.77. The molecule has 0 saturated carbocycles. The van der Waals surface area contributed by atoms with Crippen LogP contribution >= 0.6 is 12.4 Å². The van der Waals surface area contributed by atoms with Gasteiger partial charge < -0.3 is 10.8 Å². The molecule has 3 heteroatoms. The molecule has 0 radical (unpaired) electrons. The number of hydrogen-bond donors (Lipinski definition) is 2. The maximum absolute atomic E-state index is 9.09. The maximum Gasteiger partial charge on any atom is 0.0685 e. The van der Waals surface area contributed by atoms with Crippen molar-refractivity contribution < 1.29 is 5.11 Å². The number of aliphatic hydroxyl groups is 1. The zero-order valence-corrected chi connectivity index (χ0v) is 9.42. The highest BCUT2D eigenvalue weighted by Gasteiger charge is 2.12. The number of hydrogen-bond acceptors (Lipinski definition) is 2. The molecule has 14 heavy (non-hydrogen) atoms. The molecule has 0 aliphatic carbocycles. The van der Waals surface area contributed by atoms with Gasteiger partial charge >= 0.3 is 0 Å². The monoisotopic (exact) mass is 215 g/mol. The first-order valence-electron chi connectivity index (χ1n) is 4.61. The van der Waals surface area contributed by atoms with Gasteiger partial charge in [0, 0.05) is 6.04 Å². The van der Waals surface area contributed by atoms with Crippen LogP contribution in [0, 0.1) is 5.92 Å². The summed E-state index contributed by atoms with van der Waals surface area (Å²) in [5.41, 5.74) is 7.99. The number of nitrogens with two attached hydrogens (primary N) is 1. The topological polar surface area (TPSA) is 46.2 Å². The Bertz CT molecular complexity index is 276. The first-order valence-corrected chi connectivity index (χ1v) is 4.61. The molecule has 1 aromatic carbocycles. The summed E-state index contributed by atoms with van der Waals surface area (Å²) in [6, 6.07) is 7.79. The fraction of sp³-hybridized carbons (Fsp3) is 0.455. The summed E-state index contributed by atoms with van der Waals surface area (Å²) >= 11 is 0. The van der Waals surface area contributed by atoms with Gasteiger partial charge in [-0.2, -0.15) is 0 Å². The van der Waals surface area contributed by atoms with E-state index in [4.69, 9.17) is 10.8 Å². The SMILES string of the molecule is CC(C)[C@@H](N)c1ccccc1CO.Cl. The Balaban J connectivity index is 0.00000169. The second-order valence-electron chi connectivity index (χ2n) is 3.63. The number of benzene rings is 1. The van der Waals surface area contributed by atoms with E-state index in [9.17, 15) is 0 Å². The third-order valence-electron chi connectivity index (χ3n) is 2.30. The molecule has 2 nitrogen and oxygen atoms in total. The van der Waals surface area contributed by atoms with Crippen LogP contribution in [0.2, 0.25) is 0 Å². The molecule has 0 heterocycles. The van der Waals surface area contributed by atoms with Crippen LogP contribution in [0.15, 0.2) is 24.3 Å². The third-order valence-corrected chi connectivity index (χ3v) is 2.30. The van der Waals surface area contributed by atoms with E-state index in [1.807, 2.05) is 24.3 Å². The van der Waals surface area contributed by atoms with Crippen molar-refractivity contribution in [2.75, 3.05) is 0 Å². The Hall–Kier alpha value is -0.570. The largest absolute Gasteiger partial charge is 0.392 e. The molecule has 0 amide bonds. The van der Waals surface area contributed by atoms with Gasteiger partial charge in [-0.3, -0.25) is 0 Å². The van der Waals surface area contributed by atoms with Crippen LogP contribution in [0.25, 0.3) is 0 Å². The summed E-state index contributed by atoms with van der Waals surface area (Å²) in [6.07, 6.45) is 0. The van der Waals surface area contributed by atoms with Gasteiger partial charge in [-0.15, -0.1) is 12.4 Å².